The first-order valence-corrected chi connectivity index (χ1v) is 9.75. The zero-order valence-corrected chi connectivity index (χ0v) is 14.0. The van der Waals surface area contributed by atoms with Gasteiger partial charge in [-0.05, 0) is 38.2 Å². The average Bonchev–Trinajstić information content (AvgIpc) is 2.95. The summed E-state index contributed by atoms with van der Waals surface area (Å²) in [6, 6.07) is 6.08. The van der Waals surface area contributed by atoms with Gasteiger partial charge in [0.1, 0.15) is 0 Å². The molecule has 0 heterocycles. The van der Waals surface area contributed by atoms with Crippen LogP contribution >= 0.6 is 11.8 Å². The van der Waals surface area contributed by atoms with Crippen LogP contribution in [0.3, 0.4) is 0 Å². The highest BCUT2D eigenvalue weighted by atomic mass is 32.2. The standard InChI is InChI=1S/C15H21NO3S2/c1-12(17)13-5-7-14(8-6-13)21(18,19)16-11-15(20-2)9-3-4-10-15/h5-8,16H,3-4,9-11H2,1-2H3. The van der Waals surface area contributed by atoms with Gasteiger partial charge in [-0.2, -0.15) is 11.8 Å². The number of hydrogen-bond acceptors (Lipinski definition) is 4. The summed E-state index contributed by atoms with van der Waals surface area (Å²) in [4.78, 5) is 11.4. The molecule has 1 aromatic carbocycles. The number of nitrogens with one attached hydrogen (secondary N) is 1. The van der Waals surface area contributed by atoms with E-state index in [2.05, 4.69) is 4.72 Å². The molecule has 0 aromatic heterocycles. The Morgan fingerprint density at radius 1 is 1.24 bits per heavy atom. The van der Waals surface area contributed by atoms with Gasteiger partial charge in [0.15, 0.2) is 5.78 Å². The minimum absolute atomic E-state index is 0.0341. The van der Waals surface area contributed by atoms with Crippen molar-refractivity contribution in [2.45, 2.75) is 42.2 Å². The Balaban J connectivity index is 2.09. The first kappa shape index (κ1) is 16.5. The largest absolute Gasteiger partial charge is 0.295 e. The SMILES string of the molecule is CSC1(CNS(=O)(=O)c2ccc(C(C)=O)cc2)CCCC1. The third-order valence-electron chi connectivity index (χ3n) is 4.10. The molecule has 0 radical (unpaired) electrons. The molecule has 4 nitrogen and oxygen atoms in total. The van der Waals surface area contributed by atoms with E-state index in [0.29, 0.717) is 12.1 Å². The number of Topliss-reactive ketones (excluding diaryl/α,β-unsaturated/α-hetero) is 1. The van der Waals surface area contributed by atoms with E-state index < -0.39 is 10.0 Å². The van der Waals surface area contributed by atoms with E-state index in [0.717, 1.165) is 25.7 Å². The van der Waals surface area contributed by atoms with Crippen molar-refractivity contribution in [3.63, 3.8) is 0 Å². The molecule has 116 valence electrons. The van der Waals surface area contributed by atoms with Gasteiger partial charge in [-0.15, -0.1) is 0 Å². The molecule has 21 heavy (non-hydrogen) atoms. The number of carbonyl (C=O) groups is 1. The van der Waals surface area contributed by atoms with Gasteiger partial charge in [0.25, 0.3) is 0 Å². The second kappa shape index (κ2) is 6.50. The molecule has 1 aliphatic carbocycles. The van der Waals surface area contributed by atoms with E-state index in [1.165, 1.54) is 19.1 Å². The molecular formula is C15H21NO3S2. The summed E-state index contributed by atoms with van der Waals surface area (Å²) >= 11 is 1.75. The molecule has 1 N–H and O–H groups in total. The highest BCUT2D eigenvalue weighted by Crippen LogP contribution is 2.39. The van der Waals surface area contributed by atoms with Crippen LogP contribution in [0.1, 0.15) is 43.0 Å². The van der Waals surface area contributed by atoms with Crippen molar-refractivity contribution in [3.8, 4) is 0 Å². The van der Waals surface area contributed by atoms with Crippen LogP contribution in [0.2, 0.25) is 0 Å². The molecule has 0 atom stereocenters. The maximum Gasteiger partial charge on any atom is 0.240 e. The van der Waals surface area contributed by atoms with Crippen molar-refractivity contribution in [3.05, 3.63) is 29.8 Å². The predicted molar refractivity (Wildman–Crippen MR) is 86.3 cm³/mol. The number of benzene rings is 1. The van der Waals surface area contributed by atoms with Crippen LogP contribution in [0.25, 0.3) is 0 Å². The summed E-state index contributed by atoms with van der Waals surface area (Å²) in [5.41, 5.74) is 0.519. The molecule has 0 bridgehead atoms. The van der Waals surface area contributed by atoms with Crippen molar-refractivity contribution in [2.24, 2.45) is 0 Å². The summed E-state index contributed by atoms with van der Waals surface area (Å²) in [6.07, 6.45) is 6.48. The number of thioether (sulfide) groups is 1. The van der Waals surface area contributed by atoms with Crippen LogP contribution < -0.4 is 4.72 Å². The first-order valence-electron chi connectivity index (χ1n) is 7.04. The Labute approximate surface area is 130 Å². The fourth-order valence-corrected chi connectivity index (χ4v) is 4.78. The number of hydrogen-bond donors (Lipinski definition) is 1. The molecule has 1 fully saturated rings. The van der Waals surface area contributed by atoms with Gasteiger partial charge in [0.05, 0.1) is 4.90 Å². The Hall–Kier alpha value is -0.850. The number of carbonyl (C=O) groups excluding carboxylic acids is 1. The summed E-state index contributed by atoms with van der Waals surface area (Å²) in [6.45, 7) is 1.93. The maximum atomic E-state index is 12.3. The fraction of sp³-hybridized carbons (Fsp3) is 0.533. The average molecular weight is 327 g/mol. The Bertz CT molecular complexity index is 602. The van der Waals surface area contributed by atoms with Gasteiger partial charge >= 0.3 is 0 Å². The lowest BCUT2D eigenvalue weighted by Gasteiger charge is -2.26. The maximum absolute atomic E-state index is 12.3. The van der Waals surface area contributed by atoms with Crippen molar-refractivity contribution >= 4 is 27.6 Å². The molecule has 0 spiro atoms. The molecule has 2 rings (SSSR count). The molecule has 0 aliphatic heterocycles. The number of rotatable bonds is 6. The number of ketones is 1. The minimum Gasteiger partial charge on any atom is -0.295 e. The lowest BCUT2D eigenvalue weighted by Crippen LogP contribution is -2.38. The molecule has 1 aromatic rings. The van der Waals surface area contributed by atoms with E-state index >= 15 is 0 Å². The topological polar surface area (TPSA) is 63.2 Å². The van der Waals surface area contributed by atoms with Crippen LogP contribution in [0, 0.1) is 0 Å². The van der Waals surface area contributed by atoms with Crippen LogP contribution in [-0.2, 0) is 10.0 Å². The third-order valence-corrected chi connectivity index (χ3v) is 6.94. The normalized spacial score (nSPS) is 17.8. The zero-order chi connectivity index (χ0) is 15.5. The van der Waals surface area contributed by atoms with Crippen molar-refractivity contribution in [2.75, 3.05) is 12.8 Å². The molecule has 1 aliphatic rings. The summed E-state index contributed by atoms with van der Waals surface area (Å²) in [5, 5.41) is 0. The van der Waals surface area contributed by atoms with Gasteiger partial charge in [-0.3, -0.25) is 4.79 Å². The lowest BCUT2D eigenvalue weighted by molar-refractivity contribution is 0.101. The van der Waals surface area contributed by atoms with E-state index in [-0.39, 0.29) is 15.4 Å². The molecule has 6 heteroatoms. The second-order valence-corrected chi connectivity index (χ2v) is 8.54. The van der Waals surface area contributed by atoms with E-state index in [4.69, 9.17) is 0 Å². The third kappa shape index (κ3) is 3.87. The van der Waals surface area contributed by atoms with Crippen LogP contribution in [0.4, 0.5) is 0 Å². The van der Waals surface area contributed by atoms with Crippen molar-refractivity contribution in [1.29, 1.82) is 0 Å². The van der Waals surface area contributed by atoms with Gasteiger partial charge in [0.2, 0.25) is 10.0 Å². The Morgan fingerprint density at radius 3 is 2.29 bits per heavy atom. The summed E-state index contributed by atoms with van der Waals surface area (Å²) < 4.78 is 27.4. The molecule has 0 amide bonds. The van der Waals surface area contributed by atoms with Crippen molar-refractivity contribution in [1.82, 2.24) is 4.72 Å². The zero-order valence-electron chi connectivity index (χ0n) is 12.4. The molecule has 1 saturated carbocycles. The van der Waals surface area contributed by atoms with Gasteiger partial charge in [-0.25, -0.2) is 13.1 Å². The highest BCUT2D eigenvalue weighted by molar-refractivity contribution is 8.00. The number of sulfonamides is 1. The van der Waals surface area contributed by atoms with Gasteiger partial charge in [0, 0.05) is 16.9 Å². The van der Waals surface area contributed by atoms with Gasteiger partial charge in [-0.1, -0.05) is 25.0 Å². The summed E-state index contributed by atoms with van der Waals surface area (Å²) in [5.74, 6) is -0.0702. The quantitative estimate of drug-likeness (QED) is 0.816. The molecule has 0 saturated heterocycles. The van der Waals surface area contributed by atoms with Gasteiger partial charge < -0.3 is 0 Å². The van der Waals surface area contributed by atoms with Crippen LogP contribution in [0.5, 0.6) is 0 Å². The minimum atomic E-state index is -3.51. The smallest absolute Gasteiger partial charge is 0.240 e. The Morgan fingerprint density at radius 2 is 1.81 bits per heavy atom. The first-order chi connectivity index (χ1) is 9.88. The fourth-order valence-electron chi connectivity index (χ4n) is 2.65. The van der Waals surface area contributed by atoms with Crippen LogP contribution in [-0.4, -0.2) is 31.7 Å². The summed E-state index contributed by atoms with van der Waals surface area (Å²) in [7, 11) is -3.51. The molecular weight excluding hydrogens is 306 g/mol. The van der Waals surface area contributed by atoms with E-state index in [1.54, 1.807) is 23.9 Å². The monoisotopic (exact) mass is 327 g/mol. The lowest BCUT2D eigenvalue weighted by atomic mass is 10.1. The highest BCUT2D eigenvalue weighted by Gasteiger charge is 2.34. The van der Waals surface area contributed by atoms with Crippen molar-refractivity contribution < 1.29 is 13.2 Å². The van der Waals surface area contributed by atoms with Crippen LogP contribution in [0.15, 0.2) is 29.2 Å². The molecule has 0 unspecified atom stereocenters. The second-order valence-electron chi connectivity index (χ2n) is 5.50. The Kier molecular flexibility index (Phi) is 5.11. The predicted octanol–water partition coefficient (Wildman–Crippen LogP) is 2.84. The van der Waals surface area contributed by atoms with E-state index in [1.807, 2.05) is 6.26 Å². The van der Waals surface area contributed by atoms with E-state index in [9.17, 15) is 13.2 Å².